The van der Waals surface area contributed by atoms with Crippen LogP contribution in [0.25, 0.3) is 0 Å². The number of hydrogen-bond acceptors (Lipinski definition) is 5. The van der Waals surface area contributed by atoms with Gasteiger partial charge in [0.1, 0.15) is 23.5 Å². The first-order chi connectivity index (χ1) is 13.8. The van der Waals surface area contributed by atoms with Gasteiger partial charge < -0.3 is 19.4 Å². The van der Waals surface area contributed by atoms with Gasteiger partial charge in [0, 0.05) is 18.7 Å². The van der Waals surface area contributed by atoms with E-state index in [2.05, 4.69) is 4.74 Å². The zero-order chi connectivity index (χ0) is 21.0. The highest BCUT2D eigenvalue weighted by atomic mass is 19.4. The molecule has 156 valence electrons. The van der Waals surface area contributed by atoms with Crippen LogP contribution in [0.3, 0.4) is 0 Å². The molecule has 1 aliphatic heterocycles. The molecule has 0 bridgehead atoms. The van der Waals surface area contributed by atoms with Gasteiger partial charge in [-0.3, -0.25) is 4.90 Å². The van der Waals surface area contributed by atoms with Gasteiger partial charge >= 0.3 is 6.36 Å². The van der Waals surface area contributed by atoms with Crippen LogP contribution in [0, 0.1) is 0 Å². The van der Waals surface area contributed by atoms with Gasteiger partial charge in [-0.2, -0.15) is 0 Å². The van der Waals surface area contributed by atoms with Gasteiger partial charge in [-0.25, -0.2) is 0 Å². The molecule has 1 saturated heterocycles. The maximum Gasteiger partial charge on any atom is 0.573 e. The summed E-state index contributed by atoms with van der Waals surface area (Å²) in [6.45, 7) is 0.373. The van der Waals surface area contributed by atoms with Gasteiger partial charge in [0.15, 0.2) is 0 Å². The number of nitrogens with zero attached hydrogens (tertiary/aromatic N) is 1. The molecule has 2 atom stereocenters. The maximum absolute atomic E-state index is 12.3. The number of likely N-dealkylation sites (tertiary alicyclic amines) is 1. The Morgan fingerprint density at radius 1 is 1.14 bits per heavy atom. The van der Waals surface area contributed by atoms with Crippen LogP contribution in [0.1, 0.15) is 36.4 Å². The maximum atomic E-state index is 12.3. The molecule has 0 aromatic heterocycles. The van der Waals surface area contributed by atoms with Crippen LogP contribution in [-0.2, 0) is 11.3 Å². The predicted octanol–water partition coefficient (Wildman–Crippen LogP) is 4.59. The largest absolute Gasteiger partial charge is 0.573 e. The van der Waals surface area contributed by atoms with E-state index in [1.54, 1.807) is 18.2 Å². The van der Waals surface area contributed by atoms with E-state index in [1.165, 1.54) is 25.3 Å². The third kappa shape index (κ3) is 5.41. The minimum atomic E-state index is -4.74. The third-order valence-electron chi connectivity index (χ3n) is 5.02. The number of hydrogen-bond donors (Lipinski definition) is 1. The Hall–Kier alpha value is -2.74. The Bertz CT molecular complexity index is 839. The fourth-order valence-electron chi connectivity index (χ4n) is 3.74. The van der Waals surface area contributed by atoms with Gasteiger partial charge in [-0.1, -0.05) is 12.1 Å². The van der Waals surface area contributed by atoms with Gasteiger partial charge in [-0.05, 0) is 54.7 Å². The number of methoxy groups -OCH3 is 1. The van der Waals surface area contributed by atoms with Crippen molar-refractivity contribution in [2.45, 2.75) is 44.3 Å². The number of phenolic OH excluding ortho intramolecular Hbond substituents is 1. The average Bonchev–Trinajstić information content (AvgIpc) is 2.68. The number of halogens is 3. The zero-order valence-corrected chi connectivity index (χ0v) is 15.9. The minimum Gasteiger partial charge on any atom is -0.508 e. The zero-order valence-electron chi connectivity index (χ0n) is 15.9. The van der Waals surface area contributed by atoms with Crippen molar-refractivity contribution in [3.05, 3.63) is 53.6 Å². The summed E-state index contributed by atoms with van der Waals surface area (Å²) in [4.78, 5) is 13.7. The van der Waals surface area contributed by atoms with E-state index in [1.807, 2.05) is 11.0 Å². The van der Waals surface area contributed by atoms with E-state index in [9.17, 15) is 23.1 Å². The Balaban J connectivity index is 1.85. The summed E-state index contributed by atoms with van der Waals surface area (Å²) in [5.74, 6) is 0.295. The quantitative estimate of drug-likeness (QED) is 0.707. The first-order valence-electron chi connectivity index (χ1n) is 9.22. The standard InChI is InChI=1S/C21H22F3NO4/c1-28-19-10-15(9-17(27)11-19)20-4-2-3-16(13-26)25(20)12-14-5-7-18(8-6-14)29-21(22,23)24/h5-11,13,16,20,27H,2-4,12H2,1H3. The highest BCUT2D eigenvalue weighted by molar-refractivity contribution is 5.58. The molecule has 29 heavy (non-hydrogen) atoms. The molecular formula is C21H22F3NO4. The summed E-state index contributed by atoms with van der Waals surface area (Å²) in [5, 5.41) is 10.0. The molecule has 2 aromatic rings. The highest BCUT2D eigenvalue weighted by Crippen LogP contribution is 2.38. The lowest BCUT2D eigenvalue weighted by molar-refractivity contribution is -0.274. The van der Waals surface area contributed by atoms with Gasteiger partial charge in [0.05, 0.1) is 13.2 Å². The molecule has 2 unspecified atom stereocenters. The number of piperidine rings is 1. The number of benzene rings is 2. The van der Waals surface area contributed by atoms with Crippen molar-refractivity contribution in [2.24, 2.45) is 0 Å². The van der Waals surface area contributed by atoms with Crippen molar-refractivity contribution in [3.63, 3.8) is 0 Å². The second-order valence-electron chi connectivity index (χ2n) is 6.98. The summed E-state index contributed by atoms with van der Waals surface area (Å²) >= 11 is 0. The van der Waals surface area contributed by atoms with Gasteiger partial charge in [0.2, 0.25) is 0 Å². The molecule has 5 nitrogen and oxygen atoms in total. The van der Waals surface area contributed by atoms with Crippen LogP contribution < -0.4 is 9.47 Å². The Morgan fingerprint density at radius 3 is 2.48 bits per heavy atom. The molecule has 1 fully saturated rings. The predicted molar refractivity (Wildman–Crippen MR) is 99.8 cm³/mol. The monoisotopic (exact) mass is 409 g/mol. The molecular weight excluding hydrogens is 387 g/mol. The molecule has 3 rings (SSSR count). The molecule has 0 saturated carbocycles. The topological polar surface area (TPSA) is 59.0 Å². The first kappa shape index (κ1) is 21.0. The second kappa shape index (κ2) is 8.73. The SMILES string of the molecule is COc1cc(O)cc(C2CCCC(C=O)N2Cc2ccc(OC(F)(F)F)cc2)c1. The Kier molecular flexibility index (Phi) is 6.32. The van der Waals surface area contributed by atoms with Crippen LogP contribution in [0.2, 0.25) is 0 Å². The average molecular weight is 409 g/mol. The van der Waals surface area contributed by atoms with Crippen molar-refractivity contribution >= 4 is 6.29 Å². The normalized spacial score (nSPS) is 20.3. The lowest BCUT2D eigenvalue weighted by atomic mass is 9.90. The number of aromatic hydroxyl groups is 1. The van der Waals surface area contributed by atoms with Crippen molar-refractivity contribution in [1.29, 1.82) is 0 Å². The fourth-order valence-corrected chi connectivity index (χ4v) is 3.74. The van der Waals surface area contributed by atoms with Crippen molar-refractivity contribution in [3.8, 4) is 17.2 Å². The van der Waals surface area contributed by atoms with Crippen LogP contribution in [0.5, 0.6) is 17.2 Å². The summed E-state index contributed by atoms with van der Waals surface area (Å²) in [6.07, 6.45) is -1.51. The summed E-state index contributed by atoms with van der Waals surface area (Å²) in [7, 11) is 1.51. The summed E-state index contributed by atoms with van der Waals surface area (Å²) in [6, 6.07) is 10.1. The first-order valence-corrected chi connectivity index (χ1v) is 9.22. The van der Waals surface area contributed by atoms with E-state index in [0.29, 0.717) is 18.7 Å². The summed E-state index contributed by atoms with van der Waals surface area (Å²) in [5.41, 5.74) is 1.58. The van der Waals surface area contributed by atoms with Crippen molar-refractivity contribution < 1.29 is 32.5 Å². The van der Waals surface area contributed by atoms with Crippen LogP contribution >= 0.6 is 0 Å². The van der Waals surface area contributed by atoms with E-state index in [0.717, 1.165) is 30.3 Å². The number of phenols is 1. The van der Waals surface area contributed by atoms with E-state index in [4.69, 9.17) is 4.74 Å². The van der Waals surface area contributed by atoms with Crippen LogP contribution in [-0.4, -0.2) is 35.8 Å². The molecule has 0 radical (unpaired) electrons. The van der Waals surface area contributed by atoms with Crippen molar-refractivity contribution in [1.82, 2.24) is 4.90 Å². The number of alkyl halides is 3. The molecule has 0 spiro atoms. The third-order valence-corrected chi connectivity index (χ3v) is 5.02. The fraction of sp³-hybridized carbons (Fsp3) is 0.381. The molecule has 8 heteroatoms. The molecule has 1 aliphatic rings. The number of rotatable bonds is 6. The second-order valence-corrected chi connectivity index (χ2v) is 6.98. The minimum absolute atomic E-state index is 0.0705. The van der Waals surface area contributed by atoms with E-state index < -0.39 is 6.36 Å². The lowest BCUT2D eigenvalue weighted by Crippen LogP contribution is -2.42. The number of ether oxygens (including phenoxy) is 2. The van der Waals surface area contributed by atoms with E-state index >= 15 is 0 Å². The number of carbonyl (C=O) groups excluding carboxylic acids is 1. The van der Waals surface area contributed by atoms with Gasteiger partial charge in [0.25, 0.3) is 0 Å². The van der Waals surface area contributed by atoms with E-state index in [-0.39, 0.29) is 23.6 Å². The van der Waals surface area contributed by atoms with Crippen LogP contribution in [0.15, 0.2) is 42.5 Å². The highest BCUT2D eigenvalue weighted by Gasteiger charge is 2.33. The van der Waals surface area contributed by atoms with Crippen LogP contribution in [0.4, 0.5) is 13.2 Å². The molecule has 0 aliphatic carbocycles. The van der Waals surface area contributed by atoms with Crippen molar-refractivity contribution in [2.75, 3.05) is 7.11 Å². The number of aldehydes is 1. The number of carbonyl (C=O) groups is 1. The molecule has 2 aromatic carbocycles. The van der Waals surface area contributed by atoms with Gasteiger partial charge in [-0.15, -0.1) is 13.2 Å². The molecule has 0 amide bonds. The Labute approximate surface area is 166 Å². The molecule has 1 N–H and O–H groups in total. The lowest BCUT2D eigenvalue weighted by Gasteiger charge is -2.40. The Morgan fingerprint density at radius 2 is 1.86 bits per heavy atom. The smallest absolute Gasteiger partial charge is 0.508 e. The molecule has 1 heterocycles. The summed E-state index contributed by atoms with van der Waals surface area (Å²) < 4.78 is 46.2.